The second kappa shape index (κ2) is 5.05. The summed E-state index contributed by atoms with van der Waals surface area (Å²) >= 11 is 0. The van der Waals surface area contributed by atoms with E-state index in [0.29, 0.717) is 17.1 Å². The van der Waals surface area contributed by atoms with Crippen molar-refractivity contribution in [3.05, 3.63) is 41.7 Å². The Balaban J connectivity index is 1.61. The number of hydrogen-bond acceptors (Lipinski definition) is 4. The van der Waals surface area contributed by atoms with Gasteiger partial charge in [-0.05, 0) is 31.0 Å². The third-order valence-electron chi connectivity index (χ3n) is 4.24. The molecule has 2 aromatic rings. The van der Waals surface area contributed by atoms with Gasteiger partial charge in [-0.15, -0.1) is 0 Å². The summed E-state index contributed by atoms with van der Waals surface area (Å²) in [5.41, 5.74) is 1.73. The molecule has 0 radical (unpaired) electrons. The molecule has 1 aromatic heterocycles. The lowest BCUT2D eigenvalue weighted by Crippen LogP contribution is -2.30. The van der Waals surface area contributed by atoms with E-state index in [1.807, 2.05) is 24.3 Å². The Labute approximate surface area is 128 Å². The van der Waals surface area contributed by atoms with Gasteiger partial charge in [0.2, 0.25) is 6.79 Å². The van der Waals surface area contributed by atoms with Gasteiger partial charge in [0.15, 0.2) is 11.5 Å². The molecule has 1 fully saturated rings. The number of benzene rings is 1. The second-order valence-electron chi connectivity index (χ2n) is 5.67. The zero-order valence-electron chi connectivity index (χ0n) is 12.4. The highest BCUT2D eigenvalue weighted by Crippen LogP contribution is 2.36. The van der Waals surface area contributed by atoms with E-state index in [-0.39, 0.29) is 18.7 Å². The number of likely N-dealkylation sites (tertiary alicyclic amines) is 1. The number of aromatic nitrogens is 2. The van der Waals surface area contributed by atoms with E-state index in [1.165, 1.54) is 0 Å². The van der Waals surface area contributed by atoms with Crippen LogP contribution in [0, 0.1) is 0 Å². The summed E-state index contributed by atoms with van der Waals surface area (Å²) in [7, 11) is 1.89. The number of carbonyl (C=O) groups is 1. The molecule has 22 heavy (non-hydrogen) atoms. The highest BCUT2D eigenvalue weighted by molar-refractivity contribution is 5.95. The molecule has 6 nitrogen and oxygen atoms in total. The summed E-state index contributed by atoms with van der Waals surface area (Å²) in [6.07, 6.45) is 5.81. The van der Waals surface area contributed by atoms with Crippen molar-refractivity contribution in [3.63, 3.8) is 0 Å². The van der Waals surface area contributed by atoms with Gasteiger partial charge in [0.25, 0.3) is 5.91 Å². The molecule has 0 N–H and O–H groups in total. The smallest absolute Gasteiger partial charge is 0.254 e. The minimum Gasteiger partial charge on any atom is -0.454 e. The van der Waals surface area contributed by atoms with Crippen LogP contribution >= 0.6 is 0 Å². The molecular formula is C16H17N3O3. The number of amides is 1. The lowest BCUT2D eigenvalue weighted by atomic mass is 10.1. The standard InChI is InChI=1S/C16H17N3O3/c1-18-9-12(8-17-18)13-3-2-6-19(13)16(20)11-4-5-14-15(7-11)22-10-21-14/h4-5,7-9,13H,2-3,6,10H2,1H3. The minimum absolute atomic E-state index is 0.0321. The van der Waals surface area contributed by atoms with Gasteiger partial charge in [-0.2, -0.15) is 5.10 Å². The number of carbonyl (C=O) groups excluding carboxylic acids is 1. The zero-order chi connectivity index (χ0) is 15.1. The third kappa shape index (κ3) is 2.11. The van der Waals surface area contributed by atoms with E-state index in [1.54, 1.807) is 22.9 Å². The Kier molecular flexibility index (Phi) is 3.03. The highest BCUT2D eigenvalue weighted by Gasteiger charge is 2.32. The van der Waals surface area contributed by atoms with E-state index >= 15 is 0 Å². The van der Waals surface area contributed by atoms with Crippen molar-refractivity contribution in [2.24, 2.45) is 7.05 Å². The second-order valence-corrected chi connectivity index (χ2v) is 5.67. The van der Waals surface area contributed by atoms with Crippen LogP contribution in [0.4, 0.5) is 0 Å². The Morgan fingerprint density at radius 2 is 2.18 bits per heavy atom. The number of fused-ring (bicyclic) bond motifs is 1. The van der Waals surface area contributed by atoms with Crippen LogP contribution in [0.3, 0.4) is 0 Å². The van der Waals surface area contributed by atoms with E-state index in [4.69, 9.17) is 9.47 Å². The van der Waals surface area contributed by atoms with E-state index in [0.717, 1.165) is 24.9 Å². The van der Waals surface area contributed by atoms with Crippen LogP contribution in [0.2, 0.25) is 0 Å². The molecule has 1 atom stereocenters. The predicted molar refractivity (Wildman–Crippen MR) is 78.8 cm³/mol. The number of ether oxygens (including phenoxy) is 2. The molecule has 1 saturated heterocycles. The van der Waals surface area contributed by atoms with Gasteiger partial charge in [0, 0.05) is 30.9 Å². The SMILES string of the molecule is Cn1cc(C2CCCN2C(=O)c2ccc3c(c2)OCO3)cn1. The van der Waals surface area contributed by atoms with Crippen LogP contribution in [0.5, 0.6) is 11.5 Å². The molecule has 6 heteroatoms. The molecule has 2 aliphatic heterocycles. The topological polar surface area (TPSA) is 56.6 Å². The third-order valence-corrected chi connectivity index (χ3v) is 4.24. The maximum absolute atomic E-state index is 12.8. The number of hydrogen-bond donors (Lipinski definition) is 0. The van der Waals surface area contributed by atoms with Crippen LogP contribution in [0.25, 0.3) is 0 Å². The van der Waals surface area contributed by atoms with Crippen molar-refractivity contribution in [2.75, 3.05) is 13.3 Å². The predicted octanol–water partition coefficient (Wildman–Crippen LogP) is 2.13. The first-order valence-corrected chi connectivity index (χ1v) is 7.41. The normalized spacial score (nSPS) is 19.7. The van der Waals surface area contributed by atoms with Gasteiger partial charge in [-0.25, -0.2) is 0 Å². The zero-order valence-corrected chi connectivity index (χ0v) is 12.4. The Morgan fingerprint density at radius 1 is 1.32 bits per heavy atom. The largest absolute Gasteiger partial charge is 0.454 e. The van der Waals surface area contributed by atoms with Gasteiger partial charge in [0.1, 0.15) is 0 Å². The molecule has 0 saturated carbocycles. The van der Waals surface area contributed by atoms with Crippen molar-refractivity contribution in [3.8, 4) is 11.5 Å². The molecule has 2 aliphatic rings. The van der Waals surface area contributed by atoms with E-state index in [2.05, 4.69) is 5.10 Å². The van der Waals surface area contributed by atoms with E-state index in [9.17, 15) is 4.79 Å². The quantitative estimate of drug-likeness (QED) is 0.852. The van der Waals surface area contributed by atoms with Crippen molar-refractivity contribution in [1.29, 1.82) is 0 Å². The first-order chi connectivity index (χ1) is 10.7. The molecule has 1 aromatic carbocycles. The van der Waals surface area contributed by atoms with Gasteiger partial charge < -0.3 is 14.4 Å². The molecule has 0 bridgehead atoms. The lowest BCUT2D eigenvalue weighted by molar-refractivity contribution is 0.0735. The fourth-order valence-electron chi connectivity index (χ4n) is 3.16. The summed E-state index contributed by atoms with van der Waals surface area (Å²) in [4.78, 5) is 14.8. The van der Waals surface area contributed by atoms with Crippen LogP contribution in [0.15, 0.2) is 30.6 Å². The maximum Gasteiger partial charge on any atom is 0.254 e. The fourth-order valence-corrected chi connectivity index (χ4v) is 3.16. The number of rotatable bonds is 2. The van der Waals surface area contributed by atoms with Gasteiger partial charge in [0.05, 0.1) is 12.2 Å². The van der Waals surface area contributed by atoms with Gasteiger partial charge in [-0.1, -0.05) is 0 Å². The number of nitrogens with zero attached hydrogens (tertiary/aromatic N) is 3. The van der Waals surface area contributed by atoms with Crippen molar-refractivity contribution in [1.82, 2.24) is 14.7 Å². The van der Waals surface area contributed by atoms with Crippen LogP contribution in [-0.4, -0.2) is 33.9 Å². The summed E-state index contributed by atoms with van der Waals surface area (Å²) in [6.45, 7) is 0.988. The average Bonchev–Trinajstić information content (AvgIpc) is 3.25. The fraction of sp³-hybridized carbons (Fsp3) is 0.375. The lowest BCUT2D eigenvalue weighted by Gasteiger charge is -2.24. The van der Waals surface area contributed by atoms with E-state index < -0.39 is 0 Å². The first kappa shape index (κ1) is 13.2. The Morgan fingerprint density at radius 3 is 3.00 bits per heavy atom. The van der Waals surface area contributed by atoms with Crippen molar-refractivity contribution >= 4 is 5.91 Å². The van der Waals surface area contributed by atoms with Gasteiger partial charge >= 0.3 is 0 Å². The van der Waals surface area contributed by atoms with Gasteiger partial charge in [-0.3, -0.25) is 9.48 Å². The molecule has 1 amide bonds. The summed E-state index contributed by atoms with van der Waals surface area (Å²) in [5, 5.41) is 4.22. The van der Waals surface area contributed by atoms with Crippen molar-refractivity contribution in [2.45, 2.75) is 18.9 Å². The monoisotopic (exact) mass is 299 g/mol. The van der Waals surface area contributed by atoms with Crippen LogP contribution in [0.1, 0.15) is 34.8 Å². The molecule has 4 rings (SSSR count). The molecular weight excluding hydrogens is 282 g/mol. The molecule has 1 unspecified atom stereocenters. The maximum atomic E-state index is 12.8. The first-order valence-electron chi connectivity index (χ1n) is 7.41. The summed E-state index contributed by atoms with van der Waals surface area (Å²) in [5.74, 6) is 1.37. The Hall–Kier alpha value is -2.50. The summed E-state index contributed by atoms with van der Waals surface area (Å²) < 4.78 is 12.4. The van der Waals surface area contributed by atoms with Crippen LogP contribution < -0.4 is 9.47 Å². The minimum atomic E-state index is 0.0321. The number of aryl methyl sites for hydroxylation is 1. The van der Waals surface area contributed by atoms with Crippen LogP contribution in [-0.2, 0) is 7.05 Å². The molecule has 0 aliphatic carbocycles. The molecule has 0 spiro atoms. The average molecular weight is 299 g/mol. The summed E-state index contributed by atoms with van der Waals surface area (Å²) in [6, 6.07) is 5.47. The molecule has 3 heterocycles. The van der Waals surface area contributed by atoms with Crippen molar-refractivity contribution < 1.29 is 14.3 Å². The molecule has 114 valence electrons. The Bertz CT molecular complexity index is 725. The highest BCUT2D eigenvalue weighted by atomic mass is 16.7.